The van der Waals surface area contributed by atoms with Crippen molar-refractivity contribution in [3.05, 3.63) is 18.2 Å². The highest BCUT2D eigenvalue weighted by atomic mass is 32.2. The van der Waals surface area contributed by atoms with Crippen LogP contribution in [0.3, 0.4) is 0 Å². The number of anilines is 1. The standard InChI is InChI=1S/C13H15N3O2S2/c14-9-3-4-10-11(5-9)19-13(16-10)20(18)7-12(17)15-6-8-1-2-8/h3-5,8H,1-2,6-7,14H2,(H,15,17). The van der Waals surface area contributed by atoms with Gasteiger partial charge in [0, 0.05) is 12.2 Å². The van der Waals surface area contributed by atoms with Crippen LogP contribution >= 0.6 is 11.3 Å². The lowest BCUT2D eigenvalue weighted by Crippen LogP contribution is -2.29. The Morgan fingerprint density at radius 2 is 2.30 bits per heavy atom. The van der Waals surface area contributed by atoms with Crippen molar-refractivity contribution in [2.45, 2.75) is 17.2 Å². The highest BCUT2D eigenvalue weighted by molar-refractivity contribution is 7.88. The molecule has 0 saturated heterocycles. The minimum absolute atomic E-state index is 0.0258. The van der Waals surface area contributed by atoms with E-state index in [0.29, 0.717) is 22.5 Å². The second-order valence-electron chi connectivity index (χ2n) is 4.94. The van der Waals surface area contributed by atoms with Gasteiger partial charge in [0.1, 0.15) is 5.75 Å². The van der Waals surface area contributed by atoms with Crippen LogP contribution in [-0.2, 0) is 15.6 Å². The van der Waals surface area contributed by atoms with E-state index in [1.165, 1.54) is 24.2 Å². The molecule has 3 N–H and O–H groups in total. The number of nitrogen functional groups attached to an aromatic ring is 1. The van der Waals surface area contributed by atoms with Crippen molar-refractivity contribution < 1.29 is 9.00 Å². The van der Waals surface area contributed by atoms with E-state index in [0.717, 1.165) is 10.2 Å². The summed E-state index contributed by atoms with van der Waals surface area (Å²) in [6, 6.07) is 5.37. The molecule has 3 rings (SSSR count). The summed E-state index contributed by atoms with van der Waals surface area (Å²) in [7, 11) is -1.39. The number of aromatic nitrogens is 1. The van der Waals surface area contributed by atoms with E-state index in [1.54, 1.807) is 18.2 Å². The number of fused-ring (bicyclic) bond motifs is 1. The van der Waals surface area contributed by atoms with E-state index in [2.05, 4.69) is 10.3 Å². The Balaban J connectivity index is 1.66. The maximum absolute atomic E-state index is 12.1. The van der Waals surface area contributed by atoms with Crippen LogP contribution in [0.15, 0.2) is 22.5 Å². The predicted octanol–water partition coefficient (Wildman–Crippen LogP) is 1.51. The quantitative estimate of drug-likeness (QED) is 0.820. The second-order valence-corrected chi connectivity index (χ2v) is 7.60. The number of hydrogen-bond acceptors (Lipinski definition) is 5. The lowest BCUT2D eigenvalue weighted by Gasteiger charge is -2.02. The molecule has 2 aromatic rings. The van der Waals surface area contributed by atoms with E-state index in [1.807, 2.05) is 0 Å². The molecule has 5 nitrogen and oxygen atoms in total. The highest BCUT2D eigenvalue weighted by Gasteiger charge is 2.22. The van der Waals surface area contributed by atoms with Crippen LogP contribution in [-0.4, -0.2) is 27.4 Å². The Hall–Kier alpha value is -1.47. The van der Waals surface area contributed by atoms with Gasteiger partial charge in [0.05, 0.1) is 21.0 Å². The Bertz CT molecular complexity index is 679. The molecule has 1 unspecified atom stereocenters. The van der Waals surface area contributed by atoms with Gasteiger partial charge in [-0.15, -0.1) is 11.3 Å². The zero-order chi connectivity index (χ0) is 14.1. The van der Waals surface area contributed by atoms with Crippen LogP contribution < -0.4 is 11.1 Å². The molecular weight excluding hydrogens is 294 g/mol. The fraction of sp³-hybridized carbons (Fsp3) is 0.385. The molecule has 7 heteroatoms. The van der Waals surface area contributed by atoms with E-state index >= 15 is 0 Å². The number of rotatable bonds is 5. The third-order valence-corrected chi connectivity index (χ3v) is 5.76. The molecule has 1 heterocycles. The van der Waals surface area contributed by atoms with Gasteiger partial charge in [0.15, 0.2) is 4.34 Å². The first-order valence-corrected chi connectivity index (χ1v) is 8.56. The average Bonchev–Trinajstić information content (AvgIpc) is 3.14. The van der Waals surface area contributed by atoms with E-state index in [4.69, 9.17) is 5.73 Å². The number of nitrogens with one attached hydrogen (secondary N) is 1. The summed E-state index contributed by atoms with van der Waals surface area (Å²) in [5, 5.41) is 2.81. The third-order valence-electron chi connectivity index (χ3n) is 3.13. The molecule has 1 aromatic heterocycles. The Kier molecular flexibility index (Phi) is 3.71. The van der Waals surface area contributed by atoms with Crippen molar-refractivity contribution in [3.8, 4) is 0 Å². The monoisotopic (exact) mass is 309 g/mol. The summed E-state index contributed by atoms with van der Waals surface area (Å²) in [6.07, 6.45) is 2.37. The summed E-state index contributed by atoms with van der Waals surface area (Å²) < 4.78 is 13.5. The number of benzene rings is 1. The minimum atomic E-state index is -1.39. The molecular formula is C13H15N3O2S2. The number of nitrogens with two attached hydrogens (primary N) is 1. The Morgan fingerprint density at radius 3 is 3.05 bits per heavy atom. The fourth-order valence-corrected chi connectivity index (χ4v) is 4.06. The van der Waals surface area contributed by atoms with Gasteiger partial charge in [-0.3, -0.25) is 9.00 Å². The molecule has 1 amide bonds. The van der Waals surface area contributed by atoms with Gasteiger partial charge in [0.25, 0.3) is 0 Å². The lowest BCUT2D eigenvalue weighted by atomic mass is 10.3. The third kappa shape index (κ3) is 3.16. The summed E-state index contributed by atoms with van der Waals surface area (Å²) in [4.78, 5) is 16.0. The number of carbonyl (C=O) groups is 1. The number of amides is 1. The Labute approximate surface area is 123 Å². The predicted molar refractivity (Wildman–Crippen MR) is 81.0 cm³/mol. The van der Waals surface area contributed by atoms with E-state index < -0.39 is 10.8 Å². The van der Waals surface area contributed by atoms with Crippen molar-refractivity contribution in [2.75, 3.05) is 18.0 Å². The zero-order valence-corrected chi connectivity index (χ0v) is 12.4. The smallest absolute Gasteiger partial charge is 0.233 e. The average molecular weight is 309 g/mol. The molecule has 106 valence electrons. The molecule has 1 atom stereocenters. The number of carbonyl (C=O) groups excluding carboxylic acids is 1. The van der Waals surface area contributed by atoms with Crippen molar-refractivity contribution in [2.24, 2.45) is 5.92 Å². The first kappa shape index (κ1) is 13.5. The van der Waals surface area contributed by atoms with Gasteiger partial charge in [-0.2, -0.15) is 0 Å². The summed E-state index contributed by atoms with van der Waals surface area (Å²) in [5.41, 5.74) is 7.13. The van der Waals surface area contributed by atoms with Gasteiger partial charge in [0.2, 0.25) is 5.91 Å². The molecule has 20 heavy (non-hydrogen) atoms. The van der Waals surface area contributed by atoms with Gasteiger partial charge < -0.3 is 11.1 Å². The van der Waals surface area contributed by atoms with Crippen LogP contribution in [0, 0.1) is 5.92 Å². The van der Waals surface area contributed by atoms with Crippen LogP contribution in [0.2, 0.25) is 0 Å². The largest absolute Gasteiger partial charge is 0.399 e. The second kappa shape index (κ2) is 5.49. The number of hydrogen-bond donors (Lipinski definition) is 2. The normalized spacial score (nSPS) is 16.2. The van der Waals surface area contributed by atoms with Gasteiger partial charge >= 0.3 is 0 Å². The molecule has 0 radical (unpaired) electrons. The van der Waals surface area contributed by atoms with Crippen molar-refractivity contribution >= 4 is 43.9 Å². The Morgan fingerprint density at radius 1 is 1.50 bits per heavy atom. The van der Waals surface area contributed by atoms with Gasteiger partial charge in [-0.05, 0) is 37.0 Å². The lowest BCUT2D eigenvalue weighted by molar-refractivity contribution is -0.118. The van der Waals surface area contributed by atoms with Gasteiger partial charge in [-0.25, -0.2) is 4.98 Å². The molecule has 1 fully saturated rings. The minimum Gasteiger partial charge on any atom is -0.399 e. The van der Waals surface area contributed by atoms with Crippen LogP contribution in [0.1, 0.15) is 12.8 Å². The first-order chi connectivity index (χ1) is 9.61. The molecule has 1 aliphatic carbocycles. The van der Waals surface area contributed by atoms with Gasteiger partial charge in [-0.1, -0.05) is 0 Å². The topological polar surface area (TPSA) is 85.1 Å². The van der Waals surface area contributed by atoms with Crippen LogP contribution in [0.5, 0.6) is 0 Å². The molecule has 1 saturated carbocycles. The van der Waals surface area contributed by atoms with E-state index in [-0.39, 0.29) is 11.7 Å². The summed E-state index contributed by atoms with van der Waals surface area (Å²) >= 11 is 1.33. The fourth-order valence-electron chi connectivity index (χ4n) is 1.83. The SMILES string of the molecule is Nc1ccc2nc(S(=O)CC(=O)NCC3CC3)sc2c1. The molecule has 1 aliphatic rings. The summed E-state index contributed by atoms with van der Waals surface area (Å²) in [5.74, 6) is 0.425. The molecule has 1 aromatic carbocycles. The van der Waals surface area contributed by atoms with E-state index in [9.17, 15) is 9.00 Å². The molecule has 0 bridgehead atoms. The van der Waals surface area contributed by atoms with Crippen LogP contribution in [0.4, 0.5) is 5.69 Å². The maximum Gasteiger partial charge on any atom is 0.233 e. The number of thiazole rings is 1. The van der Waals surface area contributed by atoms with Crippen molar-refractivity contribution in [1.82, 2.24) is 10.3 Å². The first-order valence-electron chi connectivity index (χ1n) is 6.43. The number of nitrogens with zero attached hydrogens (tertiary/aromatic N) is 1. The summed E-state index contributed by atoms with van der Waals surface area (Å²) in [6.45, 7) is 0.701. The zero-order valence-electron chi connectivity index (χ0n) is 10.8. The van der Waals surface area contributed by atoms with Crippen molar-refractivity contribution in [1.29, 1.82) is 0 Å². The maximum atomic E-state index is 12.1. The van der Waals surface area contributed by atoms with Crippen molar-refractivity contribution in [3.63, 3.8) is 0 Å². The highest BCUT2D eigenvalue weighted by Crippen LogP contribution is 2.28. The van der Waals surface area contributed by atoms with Crippen LogP contribution in [0.25, 0.3) is 10.2 Å². The molecule has 0 spiro atoms. The molecule has 0 aliphatic heterocycles.